The van der Waals surface area contributed by atoms with Crippen LogP contribution in [0.3, 0.4) is 0 Å². The Morgan fingerprint density at radius 2 is 2.31 bits per heavy atom. The summed E-state index contributed by atoms with van der Waals surface area (Å²) >= 11 is 0. The van der Waals surface area contributed by atoms with E-state index in [1.54, 1.807) is 19.1 Å². The molecule has 3 nitrogen and oxygen atoms in total. The molecule has 1 aliphatic heterocycles. The molecule has 0 radical (unpaired) electrons. The van der Waals surface area contributed by atoms with Crippen molar-refractivity contribution in [2.24, 2.45) is 0 Å². The molecule has 1 aromatic rings. The Labute approximate surface area is 93.5 Å². The first kappa shape index (κ1) is 10.9. The van der Waals surface area contributed by atoms with Crippen molar-refractivity contribution in [3.8, 4) is 0 Å². The zero-order chi connectivity index (χ0) is 11.8. The summed E-state index contributed by atoms with van der Waals surface area (Å²) in [6.07, 6.45) is 0.490. The highest BCUT2D eigenvalue weighted by Crippen LogP contribution is 2.29. The maximum absolute atomic E-state index is 13.6. The van der Waals surface area contributed by atoms with Gasteiger partial charge in [-0.2, -0.15) is 0 Å². The van der Waals surface area contributed by atoms with Gasteiger partial charge >= 0.3 is 5.97 Å². The van der Waals surface area contributed by atoms with Gasteiger partial charge in [0.1, 0.15) is 5.67 Å². The second kappa shape index (κ2) is 3.77. The number of alkyl halides is 1. The van der Waals surface area contributed by atoms with Gasteiger partial charge in [0, 0.05) is 18.7 Å². The van der Waals surface area contributed by atoms with Gasteiger partial charge in [-0.05, 0) is 25.1 Å². The molecule has 0 spiro atoms. The van der Waals surface area contributed by atoms with E-state index < -0.39 is 11.6 Å². The first-order valence-electron chi connectivity index (χ1n) is 5.25. The normalized spacial score (nSPS) is 24.8. The Kier molecular flexibility index (Phi) is 2.58. The molecule has 2 rings (SSSR count). The highest BCUT2D eigenvalue weighted by atomic mass is 19.1. The maximum Gasteiger partial charge on any atom is 0.335 e. The molecule has 1 saturated heterocycles. The number of nitrogens with zero attached hydrogens (tertiary/aromatic N) is 1. The average Bonchev–Trinajstić information content (AvgIpc) is 2.59. The molecule has 1 unspecified atom stereocenters. The molecule has 0 bridgehead atoms. The number of benzene rings is 1. The van der Waals surface area contributed by atoms with Crippen LogP contribution in [0.1, 0.15) is 23.7 Å². The summed E-state index contributed by atoms with van der Waals surface area (Å²) < 4.78 is 13.6. The number of hydrogen-bond donors (Lipinski definition) is 1. The molecule has 1 aliphatic rings. The summed E-state index contributed by atoms with van der Waals surface area (Å²) in [5.74, 6) is -0.955. The third-order valence-electron chi connectivity index (χ3n) is 2.88. The predicted molar refractivity (Wildman–Crippen MR) is 59.7 cm³/mol. The SMILES string of the molecule is CC1(F)CCN(c2cccc(C(=O)O)c2)C1. The van der Waals surface area contributed by atoms with Gasteiger partial charge in [0.25, 0.3) is 0 Å². The smallest absolute Gasteiger partial charge is 0.335 e. The number of carbonyl (C=O) groups is 1. The molecular formula is C12H14FNO2. The molecule has 86 valence electrons. The minimum atomic E-state index is -1.17. The van der Waals surface area contributed by atoms with Crippen molar-refractivity contribution in [3.63, 3.8) is 0 Å². The van der Waals surface area contributed by atoms with E-state index in [2.05, 4.69) is 0 Å². The lowest BCUT2D eigenvalue weighted by atomic mass is 10.1. The van der Waals surface area contributed by atoms with Gasteiger partial charge in [-0.15, -0.1) is 0 Å². The molecule has 16 heavy (non-hydrogen) atoms. The minimum Gasteiger partial charge on any atom is -0.478 e. The average molecular weight is 223 g/mol. The Morgan fingerprint density at radius 3 is 2.88 bits per heavy atom. The third-order valence-corrected chi connectivity index (χ3v) is 2.88. The Balaban J connectivity index is 2.22. The van der Waals surface area contributed by atoms with E-state index in [1.165, 1.54) is 6.07 Å². The van der Waals surface area contributed by atoms with Gasteiger partial charge in [-0.1, -0.05) is 6.07 Å². The number of halogens is 1. The van der Waals surface area contributed by atoms with Crippen molar-refractivity contribution in [1.29, 1.82) is 0 Å². The second-order valence-corrected chi connectivity index (χ2v) is 4.44. The fraction of sp³-hybridized carbons (Fsp3) is 0.417. The summed E-state index contributed by atoms with van der Waals surface area (Å²) in [5.41, 5.74) is -0.148. The van der Waals surface area contributed by atoms with Crippen molar-refractivity contribution in [1.82, 2.24) is 0 Å². The highest BCUT2D eigenvalue weighted by Gasteiger charge is 2.33. The first-order valence-corrected chi connectivity index (χ1v) is 5.25. The molecule has 1 heterocycles. The second-order valence-electron chi connectivity index (χ2n) is 4.44. The zero-order valence-electron chi connectivity index (χ0n) is 9.11. The fourth-order valence-electron chi connectivity index (χ4n) is 1.98. The van der Waals surface area contributed by atoms with Gasteiger partial charge in [0.05, 0.1) is 12.1 Å². The topological polar surface area (TPSA) is 40.5 Å². The number of anilines is 1. The van der Waals surface area contributed by atoms with E-state index >= 15 is 0 Å². The zero-order valence-corrected chi connectivity index (χ0v) is 9.11. The molecule has 0 aliphatic carbocycles. The summed E-state index contributed by atoms with van der Waals surface area (Å²) in [7, 11) is 0. The van der Waals surface area contributed by atoms with Crippen molar-refractivity contribution in [2.45, 2.75) is 19.0 Å². The van der Waals surface area contributed by atoms with Gasteiger partial charge in [-0.3, -0.25) is 0 Å². The molecule has 0 amide bonds. The number of carboxylic acid groups (broad SMARTS) is 1. The van der Waals surface area contributed by atoms with Crippen molar-refractivity contribution in [2.75, 3.05) is 18.0 Å². The largest absolute Gasteiger partial charge is 0.478 e. The molecule has 0 aromatic heterocycles. The minimum absolute atomic E-state index is 0.241. The van der Waals surface area contributed by atoms with Crippen LogP contribution in [0.4, 0.5) is 10.1 Å². The van der Waals surface area contributed by atoms with Crippen molar-refractivity contribution < 1.29 is 14.3 Å². The molecule has 1 fully saturated rings. The number of rotatable bonds is 2. The van der Waals surface area contributed by atoms with E-state index in [9.17, 15) is 9.18 Å². The molecule has 0 saturated carbocycles. The summed E-state index contributed by atoms with van der Waals surface area (Å²) in [4.78, 5) is 12.7. The lowest BCUT2D eigenvalue weighted by Gasteiger charge is -2.19. The van der Waals surface area contributed by atoms with Crippen LogP contribution in [0, 0.1) is 0 Å². The van der Waals surface area contributed by atoms with Crippen LogP contribution >= 0.6 is 0 Å². The molecule has 1 aromatic carbocycles. The summed E-state index contributed by atoms with van der Waals surface area (Å²) in [6.45, 7) is 2.54. The highest BCUT2D eigenvalue weighted by molar-refractivity contribution is 5.88. The van der Waals surface area contributed by atoms with Gasteiger partial charge in [-0.25, -0.2) is 9.18 Å². The Hall–Kier alpha value is -1.58. The van der Waals surface area contributed by atoms with Crippen LogP contribution in [0.25, 0.3) is 0 Å². The van der Waals surface area contributed by atoms with Crippen LogP contribution in [0.15, 0.2) is 24.3 Å². The summed E-state index contributed by atoms with van der Waals surface area (Å²) in [5, 5.41) is 8.86. The predicted octanol–water partition coefficient (Wildman–Crippen LogP) is 2.32. The van der Waals surface area contributed by atoms with Crippen LogP contribution in [-0.2, 0) is 0 Å². The Morgan fingerprint density at radius 1 is 1.56 bits per heavy atom. The van der Waals surface area contributed by atoms with E-state index in [1.807, 2.05) is 11.0 Å². The number of hydrogen-bond acceptors (Lipinski definition) is 2. The molecule has 1 N–H and O–H groups in total. The van der Waals surface area contributed by atoms with Crippen LogP contribution in [-0.4, -0.2) is 29.8 Å². The van der Waals surface area contributed by atoms with Crippen molar-refractivity contribution >= 4 is 11.7 Å². The van der Waals surface area contributed by atoms with Crippen molar-refractivity contribution in [3.05, 3.63) is 29.8 Å². The van der Waals surface area contributed by atoms with Crippen LogP contribution in [0.2, 0.25) is 0 Å². The van der Waals surface area contributed by atoms with Gasteiger partial charge < -0.3 is 10.0 Å². The lowest BCUT2D eigenvalue weighted by Crippen LogP contribution is -2.25. The summed E-state index contributed by atoms with van der Waals surface area (Å²) in [6, 6.07) is 6.63. The Bertz CT molecular complexity index is 417. The van der Waals surface area contributed by atoms with Gasteiger partial charge in [0.15, 0.2) is 0 Å². The van der Waals surface area contributed by atoms with E-state index in [0.717, 1.165) is 5.69 Å². The third kappa shape index (κ3) is 2.15. The van der Waals surface area contributed by atoms with E-state index in [-0.39, 0.29) is 5.56 Å². The van der Waals surface area contributed by atoms with Crippen LogP contribution in [0.5, 0.6) is 0 Å². The fourth-order valence-corrected chi connectivity index (χ4v) is 1.98. The molecular weight excluding hydrogens is 209 g/mol. The van der Waals surface area contributed by atoms with Crippen LogP contribution < -0.4 is 4.90 Å². The van der Waals surface area contributed by atoms with E-state index in [0.29, 0.717) is 19.5 Å². The monoisotopic (exact) mass is 223 g/mol. The lowest BCUT2D eigenvalue weighted by molar-refractivity contribution is 0.0697. The number of aromatic carboxylic acids is 1. The molecule has 4 heteroatoms. The molecule has 1 atom stereocenters. The van der Waals surface area contributed by atoms with Gasteiger partial charge in [0.2, 0.25) is 0 Å². The first-order chi connectivity index (χ1) is 7.48. The quantitative estimate of drug-likeness (QED) is 0.836. The standard InChI is InChI=1S/C12H14FNO2/c1-12(13)5-6-14(8-12)10-4-2-3-9(7-10)11(15)16/h2-4,7H,5-6,8H2,1H3,(H,15,16). The van der Waals surface area contributed by atoms with E-state index in [4.69, 9.17) is 5.11 Å². The number of carboxylic acids is 1. The maximum atomic E-state index is 13.6.